The first-order valence-corrected chi connectivity index (χ1v) is 6.66. The van der Waals surface area contributed by atoms with Gasteiger partial charge in [0.05, 0.1) is 9.52 Å². The first-order chi connectivity index (χ1) is 7.13. The molecular formula is C12H18FNSi. The summed E-state index contributed by atoms with van der Waals surface area (Å²) in [6.45, 7) is 3.94. The van der Waals surface area contributed by atoms with Gasteiger partial charge in [-0.1, -0.05) is 31.0 Å². The Morgan fingerprint density at radius 2 is 2.20 bits per heavy atom. The average molecular weight is 223 g/mol. The van der Waals surface area contributed by atoms with E-state index in [2.05, 4.69) is 6.92 Å². The highest BCUT2D eigenvalue weighted by Gasteiger charge is 2.04. The molecule has 2 N–H and O–H groups in total. The van der Waals surface area contributed by atoms with Gasteiger partial charge >= 0.3 is 0 Å². The van der Waals surface area contributed by atoms with E-state index in [0.717, 1.165) is 34.0 Å². The van der Waals surface area contributed by atoms with Crippen molar-refractivity contribution in [3.05, 3.63) is 35.1 Å². The number of nitrogens with two attached hydrogens (primary N) is 1. The highest BCUT2D eigenvalue weighted by atomic mass is 28.2. The molecule has 0 heterocycles. The molecule has 1 aromatic rings. The van der Waals surface area contributed by atoms with E-state index in [1.165, 1.54) is 5.56 Å². The van der Waals surface area contributed by atoms with E-state index >= 15 is 0 Å². The van der Waals surface area contributed by atoms with E-state index < -0.39 is 0 Å². The molecule has 15 heavy (non-hydrogen) atoms. The maximum absolute atomic E-state index is 13.0. The van der Waals surface area contributed by atoms with Crippen LogP contribution in [-0.2, 0) is 6.04 Å². The van der Waals surface area contributed by atoms with Gasteiger partial charge in [0, 0.05) is 0 Å². The molecular weight excluding hydrogens is 205 g/mol. The molecule has 0 amide bonds. The second-order valence-corrected chi connectivity index (χ2v) is 5.36. The molecule has 2 radical (unpaired) electrons. The first-order valence-electron chi connectivity index (χ1n) is 5.37. The lowest BCUT2D eigenvalue weighted by Crippen LogP contribution is -2.28. The van der Waals surface area contributed by atoms with Gasteiger partial charge in [-0.15, -0.1) is 0 Å². The van der Waals surface area contributed by atoms with Crippen molar-refractivity contribution >= 4 is 9.52 Å². The summed E-state index contributed by atoms with van der Waals surface area (Å²) in [4.78, 5) is 0. The summed E-state index contributed by atoms with van der Waals surface area (Å²) in [6.07, 6.45) is 2.22. The van der Waals surface area contributed by atoms with Crippen LogP contribution in [0.1, 0.15) is 30.9 Å². The quantitative estimate of drug-likeness (QED) is 0.762. The Morgan fingerprint density at radius 1 is 1.47 bits per heavy atom. The van der Waals surface area contributed by atoms with Crippen molar-refractivity contribution in [1.82, 2.24) is 0 Å². The minimum atomic E-state index is -0.125. The predicted molar refractivity (Wildman–Crippen MR) is 63.5 cm³/mol. The summed E-state index contributed by atoms with van der Waals surface area (Å²) >= 11 is 0. The van der Waals surface area contributed by atoms with Crippen LogP contribution in [0.2, 0.25) is 0 Å². The molecule has 1 aromatic carbocycles. The van der Waals surface area contributed by atoms with Crippen LogP contribution in [0.5, 0.6) is 0 Å². The fourth-order valence-corrected chi connectivity index (χ4v) is 2.69. The topological polar surface area (TPSA) is 26.0 Å². The Kier molecular flexibility index (Phi) is 4.98. The van der Waals surface area contributed by atoms with Crippen LogP contribution in [0, 0.1) is 12.7 Å². The maximum Gasteiger partial charge on any atom is 0.126 e. The number of aryl methyl sites for hydroxylation is 1. The first kappa shape index (κ1) is 12.4. The molecule has 0 aliphatic heterocycles. The summed E-state index contributed by atoms with van der Waals surface area (Å²) in [5.74, 6) is -0.125. The van der Waals surface area contributed by atoms with Crippen molar-refractivity contribution in [3.8, 4) is 0 Å². The molecule has 0 saturated carbocycles. The summed E-state index contributed by atoms with van der Waals surface area (Å²) in [5, 5.41) is 0. The Balaban J connectivity index is 2.47. The largest absolute Gasteiger partial charge is 0.331 e. The monoisotopic (exact) mass is 223 g/mol. The van der Waals surface area contributed by atoms with Crippen molar-refractivity contribution in [3.63, 3.8) is 0 Å². The van der Waals surface area contributed by atoms with Crippen LogP contribution < -0.4 is 5.73 Å². The van der Waals surface area contributed by atoms with Crippen LogP contribution >= 0.6 is 0 Å². The minimum Gasteiger partial charge on any atom is -0.331 e. The number of rotatable bonds is 5. The number of hydrogen-bond donors (Lipinski definition) is 1. The Bertz CT molecular complexity index is 314. The molecule has 0 aliphatic carbocycles. The van der Waals surface area contributed by atoms with Gasteiger partial charge in [0.1, 0.15) is 5.82 Å². The SMILES string of the molecule is CCCC(N)[Si]Cc1ccc(F)c(C)c1. The molecule has 1 nitrogen and oxygen atoms in total. The molecule has 0 aromatic heterocycles. The molecule has 1 unspecified atom stereocenters. The summed E-state index contributed by atoms with van der Waals surface area (Å²) in [5.41, 5.74) is 8.16. The van der Waals surface area contributed by atoms with Gasteiger partial charge in [0.15, 0.2) is 0 Å². The Hall–Kier alpha value is -0.673. The maximum atomic E-state index is 13.0. The molecule has 0 saturated heterocycles. The Labute approximate surface area is 93.7 Å². The second kappa shape index (κ2) is 6.03. The van der Waals surface area contributed by atoms with Crippen LogP contribution in [0.15, 0.2) is 18.2 Å². The lowest BCUT2D eigenvalue weighted by atomic mass is 10.1. The molecule has 3 heteroatoms. The molecule has 0 bridgehead atoms. The van der Waals surface area contributed by atoms with Gasteiger partial charge in [-0.3, -0.25) is 0 Å². The van der Waals surface area contributed by atoms with Crippen LogP contribution in [0.25, 0.3) is 0 Å². The fourth-order valence-electron chi connectivity index (χ4n) is 1.48. The zero-order valence-corrected chi connectivity index (χ0v) is 10.4. The minimum absolute atomic E-state index is 0.125. The van der Waals surface area contributed by atoms with Gasteiger partial charge in [0.25, 0.3) is 0 Å². The van der Waals surface area contributed by atoms with E-state index in [1.807, 2.05) is 12.1 Å². The summed E-state index contributed by atoms with van der Waals surface area (Å²) < 4.78 is 13.0. The van der Waals surface area contributed by atoms with E-state index in [9.17, 15) is 4.39 Å². The van der Waals surface area contributed by atoms with E-state index in [1.54, 1.807) is 13.0 Å². The molecule has 82 valence electrons. The molecule has 0 fully saturated rings. The van der Waals surface area contributed by atoms with Crippen LogP contribution in [0.4, 0.5) is 4.39 Å². The van der Waals surface area contributed by atoms with Crippen LogP contribution in [-0.4, -0.2) is 15.2 Å². The zero-order chi connectivity index (χ0) is 11.3. The molecule has 1 rings (SSSR count). The molecule has 1 atom stereocenters. The van der Waals surface area contributed by atoms with Crippen molar-refractivity contribution in [2.45, 2.75) is 38.4 Å². The van der Waals surface area contributed by atoms with Gasteiger partial charge in [-0.2, -0.15) is 0 Å². The van der Waals surface area contributed by atoms with Crippen molar-refractivity contribution in [2.75, 3.05) is 0 Å². The molecule has 0 aliphatic rings. The standard InChI is InChI=1S/C12H18FNSi/c1-3-4-12(14)15-8-10-5-6-11(13)9(2)7-10/h5-7,12H,3-4,8,14H2,1-2H3. The van der Waals surface area contributed by atoms with Crippen molar-refractivity contribution < 1.29 is 4.39 Å². The van der Waals surface area contributed by atoms with E-state index in [-0.39, 0.29) is 5.82 Å². The third-order valence-corrected chi connectivity index (χ3v) is 3.82. The molecule has 0 spiro atoms. The highest BCUT2D eigenvalue weighted by Crippen LogP contribution is 2.09. The smallest absolute Gasteiger partial charge is 0.126 e. The predicted octanol–water partition coefficient (Wildman–Crippen LogP) is 2.42. The van der Waals surface area contributed by atoms with Gasteiger partial charge in [-0.25, -0.2) is 4.39 Å². The Morgan fingerprint density at radius 3 is 2.80 bits per heavy atom. The third kappa shape index (κ3) is 4.14. The summed E-state index contributed by atoms with van der Waals surface area (Å²) in [7, 11) is 0.739. The van der Waals surface area contributed by atoms with Crippen LogP contribution in [0.3, 0.4) is 0 Å². The zero-order valence-electron chi connectivity index (χ0n) is 9.39. The average Bonchev–Trinajstić information content (AvgIpc) is 2.20. The van der Waals surface area contributed by atoms with Crippen molar-refractivity contribution in [2.24, 2.45) is 5.73 Å². The number of benzene rings is 1. The second-order valence-electron chi connectivity index (χ2n) is 3.86. The van der Waals surface area contributed by atoms with Gasteiger partial charge < -0.3 is 5.73 Å². The van der Waals surface area contributed by atoms with E-state index in [4.69, 9.17) is 5.73 Å². The van der Waals surface area contributed by atoms with Gasteiger partial charge in [0.2, 0.25) is 0 Å². The fraction of sp³-hybridized carbons (Fsp3) is 0.500. The lowest BCUT2D eigenvalue weighted by Gasteiger charge is -2.09. The normalized spacial score (nSPS) is 12.8. The van der Waals surface area contributed by atoms with E-state index in [0.29, 0.717) is 5.67 Å². The summed E-state index contributed by atoms with van der Waals surface area (Å²) in [6, 6.07) is 6.29. The van der Waals surface area contributed by atoms with Gasteiger partial charge in [-0.05, 0) is 36.7 Å². The lowest BCUT2D eigenvalue weighted by molar-refractivity contribution is 0.618. The highest BCUT2D eigenvalue weighted by molar-refractivity contribution is 6.37. The number of hydrogen-bond acceptors (Lipinski definition) is 1. The third-order valence-electron chi connectivity index (χ3n) is 2.39. The number of halogens is 1. The van der Waals surface area contributed by atoms with Crippen molar-refractivity contribution in [1.29, 1.82) is 0 Å².